The number of rotatable bonds is 2. The van der Waals surface area contributed by atoms with Crippen molar-refractivity contribution in [2.75, 3.05) is 13.2 Å². The molecule has 2 heterocycles. The maximum absolute atomic E-state index is 12.5. The first kappa shape index (κ1) is 11.7. The summed E-state index contributed by atoms with van der Waals surface area (Å²) in [6.07, 6.45) is 1.02. The van der Waals surface area contributed by atoms with E-state index in [4.69, 9.17) is 4.74 Å². The number of amides is 1. The smallest absolute Gasteiger partial charge is 0.245 e. The van der Waals surface area contributed by atoms with Crippen LogP contribution in [0.1, 0.15) is 24.9 Å². The van der Waals surface area contributed by atoms with Crippen LogP contribution < -0.4 is 5.32 Å². The van der Waals surface area contributed by atoms with Crippen LogP contribution in [0, 0.1) is 0 Å². The van der Waals surface area contributed by atoms with Crippen LogP contribution in [-0.2, 0) is 9.53 Å². The number of benzene rings is 1. The van der Waals surface area contributed by atoms with E-state index >= 15 is 0 Å². The fourth-order valence-electron chi connectivity index (χ4n) is 2.85. The summed E-state index contributed by atoms with van der Waals surface area (Å²) in [4.78, 5) is 14.5. The first-order valence-corrected chi connectivity index (χ1v) is 6.48. The monoisotopic (exact) mass is 246 g/mol. The van der Waals surface area contributed by atoms with E-state index in [-0.39, 0.29) is 24.2 Å². The predicted molar refractivity (Wildman–Crippen MR) is 67.9 cm³/mol. The van der Waals surface area contributed by atoms with Gasteiger partial charge in [-0.1, -0.05) is 30.3 Å². The molecule has 0 aromatic heterocycles. The summed E-state index contributed by atoms with van der Waals surface area (Å²) in [5, 5.41) is 3.37. The number of hydrogen-bond acceptors (Lipinski definition) is 3. The molecule has 18 heavy (non-hydrogen) atoms. The van der Waals surface area contributed by atoms with E-state index in [9.17, 15) is 4.79 Å². The zero-order valence-electron chi connectivity index (χ0n) is 10.5. The summed E-state index contributed by atoms with van der Waals surface area (Å²) in [6, 6.07) is 9.92. The number of carbonyl (C=O) groups is 1. The van der Waals surface area contributed by atoms with Gasteiger partial charge in [-0.25, -0.2) is 0 Å². The normalized spacial score (nSPS) is 32.2. The van der Waals surface area contributed by atoms with Crippen molar-refractivity contribution >= 4 is 5.91 Å². The predicted octanol–water partition coefficient (Wildman–Crippen LogP) is 1.29. The van der Waals surface area contributed by atoms with E-state index in [1.165, 1.54) is 0 Å². The van der Waals surface area contributed by atoms with Crippen LogP contribution in [0.4, 0.5) is 0 Å². The van der Waals surface area contributed by atoms with Crippen molar-refractivity contribution in [2.24, 2.45) is 0 Å². The van der Waals surface area contributed by atoms with Gasteiger partial charge in [0.2, 0.25) is 5.91 Å². The van der Waals surface area contributed by atoms with E-state index in [0.29, 0.717) is 6.61 Å². The minimum Gasteiger partial charge on any atom is -0.379 e. The van der Waals surface area contributed by atoms with Gasteiger partial charge in [0.15, 0.2) is 0 Å². The molecule has 2 aliphatic heterocycles. The molecule has 3 rings (SSSR count). The van der Waals surface area contributed by atoms with Crippen LogP contribution in [-0.4, -0.2) is 36.2 Å². The number of hydrogen-bond donors (Lipinski definition) is 1. The molecule has 2 aliphatic rings. The first-order valence-electron chi connectivity index (χ1n) is 6.48. The highest BCUT2D eigenvalue weighted by atomic mass is 16.5. The van der Waals surface area contributed by atoms with Crippen molar-refractivity contribution in [3.05, 3.63) is 35.9 Å². The third-order valence-corrected chi connectivity index (χ3v) is 3.76. The zero-order chi connectivity index (χ0) is 12.5. The van der Waals surface area contributed by atoms with Gasteiger partial charge in [-0.3, -0.25) is 10.1 Å². The van der Waals surface area contributed by atoms with Crippen LogP contribution in [0.25, 0.3) is 0 Å². The van der Waals surface area contributed by atoms with Gasteiger partial charge in [0.25, 0.3) is 0 Å². The molecule has 0 radical (unpaired) electrons. The molecule has 1 aromatic carbocycles. The molecular weight excluding hydrogens is 228 g/mol. The lowest BCUT2D eigenvalue weighted by molar-refractivity contribution is -0.132. The Labute approximate surface area is 107 Å². The van der Waals surface area contributed by atoms with Crippen LogP contribution in [0.5, 0.6) is 0 Å². The van der Waals surface area contributed by atoms with E-state index < -0.39 is 0 Å². The third-order valence-electron chi connectivity index (χ3n) is 3.76. The second-order valence-electron chi connectivity index (χ2n) is 4.95. The Morgan fingerprint density at radius 1 is 1.33 bits per heavy atom. The standard InChI is InChI=1S/C14H18N2O2/c1-10-15-13(11-5-3-2-4-6-11)14(17)16(10)12-7-8-18-9-12/h2-6,10,12-13,15H,7-9H2,1H3. The van der Waals surface area contributed by atoms with E-state index in [1.54, 1.807) is 0 Å². The van der Waals surface area contributed by atoms with Crippen molar-refractivity contribution in [1.82, 2.24) is 10.2 Å². The van der Waals surface area contributed by atoms with Gasteiger partial charge < -0.3 is 9.64 Å². The summed E-state index contributed by atoms with van der Waals surface area (Å²) < 4.78 is 5.39. The van der Waals surface area contributed by atoms with Gasteiger partial charge in [0.1, 0.15) is 6.04 Å². The van der Waals surface area contributed by atoms with Gasteiger partial charge in [0, 0.05) is 6.61 Å². The van der Waals surface area contributed by atoms with E-state index in [1.807, 2.05) is 42.2 Å². The fraction of sp³-hybridized carbons (Fsp3) is 0.500. The molecule has 3 unspecified atom stereocenters. The molecule has 0 spiro atoms. The van der Waals surface area contributed by atoms with Crippen molar-refractivity contribution in [3.8, 4) is 0 Å². The van der Waals surface area contributed by atoms with Gasteiger partial charge >= 0.3 is 0 Å². The van der Waals surface area contributed by atoms with Crippen LogP contribution in [0.15, 0.2) is 30.3 Å². The Morgan fingerprint density at radius 2 is 2.11 bits per heavy atom. The topological polar surface area (TPSA) is 41.6 Å². The second-order valence-corrected chi connectivity index (χ2v) is 4.95. The Kier molecular flexibility index (Phi) is 3.06. The Hall–Kier alpha value is -1.39. The third kappa shape index (κ3) is 1.91. The van der Waals surface area contributed by atoms with E-state index in [0.717, 1.165) is 18.6 Å². The van der Waals surface area contributed by atoms with Gasteiger partial charge in [-0.15, -0.1) is 0 Å². The number of nitrogens with zero attached hydrogens (tertiary/aromatic N) is 1. The Bertz CT molecular complexity index is 429. The van der Waals surface area contributed by atoms with Crippen molar-refractivity contribution < 1.29 is 9.53 Å². The highest BCUT2D eigenvalue weighted by molar-refractivity contribution is 5.86. The largest absolute Gasteiger partial charge is 0.379 e. The van der Waals surface area contributed by atoms with Gasteiger partial charge in [0.05, 0.1) is 18.8 Å². The number of ether oxygens (including phenoxy) is 1. The molecule has 0 bridgehead atoms. The molecule has 4 heteroatoms. The molecule has 2 fully saturated rings. The van der Waals surface area contributed by atoms with Gasteiger partial charge in [-0.05, 0) is 18.9 Å². The maximum Gasteiger partial charge on any atom is 0.245 e. The molecule has 0 saturated carbocycles. The molecular formula is C14H18N2O2. The molecule has 1 N–H and O–H groups in total. The van der Waals surface area contributed by atoms with Gasteiger partial charge in [-0.2, -0.15) is 0 Å². The molecule has 1 amide bonds. The van der Waals surface area contributed by atoms with Crippen LogP contribution in [0.3, 0.4) is 0 Å². The lowest BCUT2D eigenvalue weighted by atomic mass is 10.1. The molecule has 3 atom stereocenters. The average molecular weight is 246 g/mol. The quantitative estimate of drug-likeness (QED) is 0.855. The second kappa shape index (κ2) is 4.71. The Balaban J connectivity index is 1.82. The van der Waals surface area contributed by atoms with Crippen molar-refractivity contribution in [2.45, 2.75) is 31.6 Å². The summed E-state index contributed by atoms with van der Waals surface area (Å²) in [7, 11) is 0. The maximum atomic E-state index is 12.5. The highest BCUT2D eigenvalue weighted by Crippen LogP contribution is 2.28. The molecule has 0 aliphatic carbocycles. The number of nitrogens with one attached hydrogen (secondary N) is 1. The molecule has 4 nitrogen and oxygen atoms in total. The molecule has 2 saturated heterocycles. The van der Waals surface area contributed by atoms with Crippen LogP contribution >= 0.6 is 0 Å². The summed E-state index contributed by atoms with van der Waals surface area (Å²) in [5.41, 5.74) is 1.04. The Morgan fingerprint density at radius 3 is 2.78 bits per heavy atom. The SMILES string of the molecule is CC1NC(c2ccccc2)C(=O)N1C1CCOC1. The van der Waals surface area contributed by atoms with E-state index in [2.05, 4.69) is 5.32 Å². The minimum atomic E-state index is -0.207. The summed E-state index contributed by atoms with van der Waals surface area (Å²) in [6.45, 7) is 3.47. The highest BCUT2D eigenvalue weighted by Gasteiger charge is 2.41. The lowest BCUT2D eigenvalue weighted by Gasteiger charge is -2.26. The van der Waals surface area contributed by atoms with Crippen LogP contribution in [0.2, 0.25) is 0 Å². The summed E-state index contributed by atoms with van der Waals surface area (Å²) >= 11 is 0. The number of carbonyl (C=O) groups excluding carboxylic acids is 1. The molecule has 96 valence electrons. The first-order chi connectivity index (χ1) is 8.77. The minimum absolute atomic E-state index is 0.0782. The van der Waals surface area contributed by atoms with Crippen molar-refractivity contribution in [3.63, 3.8) is 0 Å². The molecule has 1 aromatic rings. The zero-order valence-corrected chi connectivity index (χ0v) is 10.5. The van der Waals surface area contributed by atoms with Crippen molar-refractivity contribution in [1.29, 1.82) is 0 Å². The lowest BCUT2D eigenvalue weighted by Crippen LogP contribution is -2.43. The average Bonchev–Trinajstić information content (AvgIpc) is 2.99. The fourth-order valence-corrected chi connectivity index (χ4v) is 2.85. The summed E-state index contributed by atoms with van der Waals surface area (Å²) in [5.74, 6) is 0.171.